The first kappa shape index (κ1) is 8.13. The molecule has 0 amide bonds. The quantitative estimate of drug-likeness (QED) is 0.666. The average Bonchev–Trinajstić information content (AvgIpc) is 2.04. The third-order valence-electron chi connectivity index (χ3n) is 1.20. The van der Waals surface area contributed by atoms with Crippen LogP contribution in [0.5, 0.6) is 5.88 Å². The van der Waals surface area contributed by atoms with Crippen LogP contribution in [0.25, 0.3) is 0 Å². The molecule has 0 bridgehead atoms. The second-order valence-electron chi connectivity index (χ2n) is 1.80. The van der Waals surface area contributed by atoms with Gasteiger partial charge in [-0.1, -0.05) is 0 Å². The Balaban J connectivity index is 3.13. The van der Waals surface area contributed by atoms with Crippen LogP contribution in [-0.4, -0.2) is 23.3 Å². The molecule has 0 aliphatic carbocycles. The Morgan fingerprint density at radius 2 is 2.27 bits per heavy atom. The number of anilines is 1. The Morgan fingerprint density at radius 1 is 1.55 bits per heavy atom. The molecule has 4 nitrogen and oxygen atoms in total. The van der Waals surface area contributed by atoms with E-state index >= 15 is 0 Å². The maximum atomic E-state index is 5.56. The number of hydrogen-bond acceptors (Lipinski definition) is 5. The molecule has 5 heteroatoms. The fraction of sp³-hybridized carbons (Fsp3) is 0.333. The smallest absolute Gasteiger partial charge is 0.232 e. The van der Waals surface area contributed by atoms with Crippen molar-refractivity contribution >= 4 is 17.6 Å². The first-order valence-corrected chi connectivity index (χ1v) is 4.20. The van der Waals surface area contributed by atoms with Gasteiger partial charge in [-0.3, -0.25) is 0 Å². The first-order valence-electron chi connectivity index (χ1n) is 2.98. The van der Waals surface area contributed by atoms with Crippen molar-refractivity contribution in [1.29, 1.82) is 0 Å². The number of methoxy groups -OCH3 is 1. The fourth-order valence-corrected chi connectivity index (χ4v) is 1.28. The molecule has 0 aromatic carbocycles. The Labute approximate surface area is 69.2 Å². The molecule has 0 aliphatic heterocycles. The summed E-state index contributed by atoms with van der Waals surface area (Å²) >= 11 is 1.47. The van der Waals surface area contributed by atoms with Gasteiger partial charge in [0.25, 0.3) is 0 Å². The van der Waals surface area contributed by atoms with Crippen molar-refractivity contribution in [3.05, 3.63) is 6.33 Å². The molecule has 0 saturated heterocycles. The molecule has 0 aliphatic rings. The number of aromatic nitrogens is 2. The van der Waals surface area contributed by atoms with Gasteiger partial charge in [-0.15, -0.1) is 11.8 Å². The topological polar surface area (TPSA) is 61.0 Å². The largest absolute Gasteiger partial charge is 0.480 e. The Morgan fingerprint density at radius 3 is 2.73 bits per heavy atom. The number of ether oxygens (including phenoxy) is 1. The molecule has 0 fully saturated rings. The standard InChI is InChI=1S/C6H9N3OS/c1-10-6-4(11-2)5(7)8-3-9-6/h3H,1-2H3,(H2,7,8,9). The van der Waals surface area contributed by atoms with E-state index in [-0.39, 0.29) is 0 Å². The van der Waals surface area contributed by atoms with Crippen molar-refractivity contribution in [3.8, 4) is 5.88 Å². The van der Waals surface area contributed by atoms with Crippen molar-refractivity contribution in [3.63, 3.8) is 0 Å². The van der Waals surface area contributed by atoms with Crippen LogP contribution >= 0.6 is 11.8 Å². The van der Waals surface area contributed by atoms with Crippen LogP contribution in [-0.2, 0) is 0 Å². The van der Waals surface area contributed by atoms with Gasteiger partial charge in [-0.05, 0) is 6.26 Å². The van der Waals surface area contributed by atoms with Crippen LogP contribution in [0.4, 0.5) is 5.82 Å². The van der Waals surface area contributed by atoms with E-state index < -0.39 is 0 Å². The summed E-state index contributed by atoms with van der Waals surface area (Å²) in [4.78, 5) is 8.51. The minimum absolute atomic E-state index is 0.462. The van der Waals surface area contributed by atoms with Crippen molar-refractivity contribution < 1.29 is 4.74 Å². The van der Waals surface area contributed by atoms with Crippen molar-refractivity contribution in [2.24, 2.45) is 0 Å². The lowest BCUT2D eigenvalue weighted by molar-refractivity contribution is 0.386. The van der Waals surface area contributed by atoms with Crippen LogP contribution < -0.4 is 10.5 Å². The summed E-state index contributed by atoms with van der Waals surface area (Å²) in [7, 11) is 1.56. The minimum Gasteiger partial charge on any atom is -0.480 e. The lowest BCUT2D eigenvalue weighted by Crippen LogP contribution is -1.97. The summed E-state index contributed by atoms with van der Waals surface area (Å²) in [5.41, 5.74) is 5.56. The molecule has 1 aromatic heterocycles. The molecule has 11 heavy (non-hydrogen) atoms. The summed E-state index contributed by atoms with van der Waals surface area (Å²) in [6.07, 6.45) is 3.28. The lowest BCUT2D eigenvalue weighted by Gasteiger charge is -2.04. The number of nitrogens with zero attached hydrogens (tertiary/aromatic N) is 2. The monoisotopic (exact) mass is 171 g/mol. The number of nitrogen functional groups attached to an aromatic ring is 1. The molecule has 1 heterocycles. The summed E-state index contributed by atoms with van der Waals surface area (Å²) in [6, 6.07) is 0. The molecule has 1 rings (SSSR count). The van der Waals surface area contributed by atoms with Gasteiger partial charge >= 0.3 is 0 Å². The Kier molecular flexibility index (Phi) is 2.53. The van der Waals surface area contributed by atoms with E-state index in [1.807, 2.05) is 6.26 Å². The van der Waals surface area contributed by atoms with E-state index in [9.17, 15) is 0 Å². The predicted octanol–water partition coefficient (Wildman–Crippen LogP) is 0.789. The molecule has 0 atom stereocenters. The second kappa shape index (κ2) is 3.43. The molecular weight excluding hydrogens is 162 g/mol. The van der Waals surface area contributed by atoms with Crippen LogP contribution in [0, 0.1) is 0 Å². The highest BCUT2D eigenvalue weighted by molar-refractivity contribution is 7.98. The number of nitrogens with two attached hydrogens (primary N) is 1. The molecule has 1 aromatic rings. The van der Waals surface area contributed by atoms with E-state index in [1.54, 1.807) is 7.11 Å². The maximum Gasteiger partial charge on any atom is 0.232 e. The molecule has 0 radical (unpaired) electrons. The predicted molar refractivity (Wildman–Crippen MR) is 44.8 cm³/mol. The van der Waals surface area contributed by atoms with E-state index in [2.05, 4.69) is 9.97 Å². The minimum atomic E-state index is 0.462. The van der Waals surface area contributed by atoms with Gasteiger partial charge in [-0.25, -0.2) is 9.97 Å². The fourth-order valence-electron chi connectivity index (χ4n) is 0.708. The SMILES string of the molecule is COc1ncnc(N)c1SC. The first-order chi connectivity index (χ1) is 5.29. The zero-order chi connectivity index (χ0) is 8.27. The summed E-state index contributed by atoms with van der Waals surface area (Å²) < 4.78 is 4.97. The highest BCUT2D eigenvalue weighted by Crippen LogP contribution is 2.28. The zero-order valence-electron chi connectivity index (χ0n) is 6.37. The molecule has 0 saturated carbocycles. The average molecular weight is 171 g/mol. The molecule has 0 spiro atoms. The van der Waals surface area contributed by atoms with Gasteiger partial charge in [0.05, 0.1) is 7.11 Å². The summed E-state index contributed by atoms with van der Waals surface area (Å²) in [5.74, 6) is 0.995. The van der Waals surface area contributed by atoms with E-state index in [0.29, 0.717) is 11.7 Å². The number of rotatable bonds is 2. The highest BCUT2D eigenvalue weighted by Gasteiger charge is 2.06. The highest BCUT2D eigenvalue weighted by atomic mass is 32.2. The van der Waals surface area contributed by atoms with Gasteiger partial charge in [-0.2, -0.15) is 0 Å². The molecule has 0 unspecified atom stereocenters. The van der Waals surface area contributed by atoms with Gasteiger partial charge in [0, 0.05) is 0 Å². The van der Waals surface area contributed by atoms with Gasteiger partial charge in [0.2, 0.25) is 5.88 Å². The zero-order valence-corrected chi connectivity index (χ0v) is 7.18. The number of thioether (sulfide) groups is 1. The van der Waals surface area contributed by atoms with E-state index in [1.165, 1.54) is 18.1 Å². The summed E-state index contributed by atoms with van der Waals surface area (Å²) in [5, 5.41) is 0. The van der Waals surface area contributed by atoms with E-state index in [0.717, 1.165) is 4.90 Å². The normalized spacial score (nSPS) is 9.64. The molecule has 2 N–H and O–H groups in total. The molecular formula is C6H9N3OS. The van der Waals surface area contributed by atoms with Gasteiger partial charge in [0.15, 0.2) is 0 Å². The second-order valence-corrected chi connectivity index (χ2v) is 2.62. The Hall–Kier alpha value is -0.970. The van der Waals surface area contributed by atoms with Gasteiger partial charge < -0.3 is 10.5 Å². The lowest BCUT2D eigenvalue weighted by atomic mass is 10.6. The maximum absolute atomic E-state index is 5.56. The van der Waals surface area contributed by atoms with Crippen LogP contribution in [0.1, 0.15) is 0 Å². The Bertz CT molecular complexity index is 254. The third kappa shape index (κ3) is 1.54. The van der Waals surface area contributed by atoms with Gasteiger partial charge in [0.1, 0.15) is 17.0 Å². The van der Waals surface area contributed by atoms with Crippen molar-refractivity contribution in [2.75, 3.05) is 19.1 Å². The summed E-state index contributed by atoms with van der Waals surface area (Å²) in [6.45, 7) is 0. The third-order valence-corrected chi connectivity index (χ3v) is 1.99. The van der Waals surface area contributed by atoms with Crippen molar-refractivity contribution in [2.45, 2.75) is 4.90 Å². The molecule has 60 valence electrons. The van der Waals surface area contributed by atoms with Crippen LogP contribution in [0.2, 0.25) is 0 Å². The van der Waals surface area contributed by atoms with Crippen molar-refractivity contribution in [1.82, 2.24) is 9.97 Å². The van der Waals surface area contributed by atoms with Crippen LogP contribution in [0.3, 0.4) is 0 Å². The van der Waals surface area contributed by atoms with Crippen LogP contribution in [0.15, 0.2) is 11.2 Å². The van der Waals surface area contributed by atoms with E-state index in [4.69, 9.17) is 10.5 Å². The number of hydrogen-bond donors (Lipinski definition) is 1.